The van der Waals surface area contributed by atoms with Gasteiger partial charge in [0, 0.05) is 30.2 Å². The van der Waals surface area contributed by atoms with Crippen LogP contribution in [0.25, 0.3) is 0 Å². The van der Waals surface area contributed by atoms with E-state index in [-0.39, 0.29) is 11.9 Å². The number of hydrogen-bond acceptors (Lipinski definition) is 5. The van der Waals surface area contributed by atoms with Gasteiger partial charge < -0.3 is 9.80 Å². The van der Waals surface area contributed by atoms with Crippen LogP contribution in [0.1, 0.15) is 46.3 Å². The summed E-state index contributed by atoms with van der Waals surface area (Å²) < 4.78 is 0. The van der Waals surface area contributed by atoms with Gasteiger partial charge in [-0.2, -0.15) is 11.3 Å². The van der Waals surface area contributed by atoms with E-state index in [1.54, 1.807) is 11.3 Å². The lowest BCUT2D eigenvalue weighted by Gasteiger charge is -2.26. The van der Waals surface area contributed by atoms with Crippen molar-refractivity contribution in [3.05, 3.63) is 45.7 Å². The van der Waals surface area contributed by atoms with Crippen LogP contribution in [0.2, 0.25) is 0 Å². The lowest BCUT2D eigenvalue weighted by molar-refractivity contribution is 0.0732. The van der Waals surface area contributed by atoms with Crippen LogP contribution in [0.5, 0.6) is 0 Å². The fourth-order valence-corrected chi connectivity index (χ4v) is 3.74. The van der Waals surface area contributed by atoms with E-state index in [1.807, 2.05) is 48.9 Å². The number of carbonyl (C=O) groups excluding carboxylic acids is 1. The second kappa shape index (κ2) is 6.76. The molecule has 1 saturated heterocycles. The minimum absolute atomic E-state index is 0.0547. The lowest BCUT2D eigenvalue weighted by atomic mass is 10.0. The van der Waals surface area contributed by atoms with Crippen molar-refractivity contribution in [2.45, 2.75) is 32.4 Å². The molecule has 0 bridgehead atoms. The number of aryl methyl sites for hydroxylation is 1. The third-order valence-corrected chi connectivity index (χ3v) is 4.79. The van der Waals surface area contributed by atoms with Crippen LogP contribution < -0.4 is 0 Å². The number of aromatic nitrogens is 2. The zero-order valence-corrected chi connectivity index (χ0v) is 14.6. The van der Waals surface area contributed by atoms with Crippen molar-refractivity contribution in [1.29, 1.82) is 0 Å². The van der Waals surface area contributed by atoms with Gasteiger partial charge >= 0.3 is 0 Å². The molecule has 6 heteroatoms. The van der Waals surface area contributed by atoms with Crippen molar-refractivity contribution >= 4 is 17.2 Å². The number of likely N-dealkylation sites (tertiary alicyclic amines) is 1. The van der Waals surface area contributed by atoms with Gasteiger partial charge in [0.1, 0.15) is 5.82 Å². The summed E-state index contributed by atoms with van der Waals surface area (Å²) in [6.07, 6.45) is 3.89. The molecule has 5 nitrogen and oxygen atoms in total. The Morgan fingerprint density at radius 2 is 2.30 bits per heavy atom. The molecule has 2 aromatic rings. The van der Waals surface area contributed by atoms with Crippen LogP contribution in [0.4, 0.5) is 0 Å². The minimum atomic E-state index is 0.0547. The van der Waals surface area contributed by atoms with Gasteiger partial charge in [0.25, 0.3) is 5.91 Å². The predicted molar refractivity (Wildman–Crippen MR) is 91.5 cm³/mol. The number of amides is 1. The molecule has 1 amide bonds. The molecule has 0 N–H and O–H groups in total. The Labute approximate surface area is 141 Å². The quantitative estimate of drug-likeness (QED) is 0.865. The minimum Gasteiger partial charge on any atom is -0.330 e. The maximum Gasteiger partial charge on any atom is 0.255 e. The summed E-state index contributed by atoms with van der Waals surface area (Å²) in [6.45, 7) is 3.49. The summed E-state index contributed by atoms with van der Waals surface area (Å²) in [5.41, 5.74) is 2.89. The van der Waals surface area contributed by atoms with Crippen molar-refractivity contribution in [3.8, 4) is 0 Å². The average molecular weight is 330 g/mol. The number of carbonyl (C=O) groups is 1. The van der Waals surface area contributed by atoms with Crippen molar-refractivity contribution in [2.24, 2.45) is 0 Å². The third-order valence-electron chi connectivity index (χ3n) is 4.10. The molecule has 122 valence electrons. The van der Waals surface area contributed by atoms with Crippen LogP contribution in [-0.4, -0.2) is 46.3 Å². The zero-order valence-electron chi connectivity index (χ0n) is 13.8. The Kier molecular flexibility index (Phi) is 4.73. The molecule has 23 heavy (non-hydrogen) atoms. The molecule has 1 aliphatic rings. The van der Waals surface area contributed by atoms with Crippen LogP contribution in [0.15, 0.2) is 23.0 Å². The second-order valence-corrected chi connectivity index (χ2v) is 7.01. The van der Waals surface area contributed by atoms with E-state index in [4.69, 9.17) is 4.98 Å². The molecule has 0 saturated carbocycles. The monoisotopic (exact) mass is 330 g/mol. The molecule has 1 fully saturated rings. The Morgan fingerprint density at radius 1 is 1.48 bits per heavy atom. The Morgan fingerprint density at radius 3 is 3.00 bits per heavy atom. The molecular formula is C17H22N4OS. The second-order valence-electron chi connectivity index (χ2n) is 6.23. The van der Waals surface area contributed by atoms with Crippen LogP contribution >= 0.6 is 11.3 Å². The molecule has 0 aliphatic carbocycles. The Hall–Kier alpha value is -1.79. The first-order chi connectivity index (χ1) is 11.1. The summed E-state index contributed by atoms with van der Waals surface area (Å²) >= 11 is 1.56. The van der Waals surface area contributed by atoms with Gasteiger partial charge in [-0.15, -0.1) is 0 Å². The van der Waals surface area contributed by atoms with E-state index < -0.39 is 0 Å². The summed E-state index contributed by atoms with van der Waals surface area (Å²) in [6, 6.07) is 1.95. The van der Waals surface area contributed by atoms with Crippen molar-refractivity contribution in [3.63, 3.8) is 0 Å². The van der Waals surface area contributed by atoms with Crippen LogP contribution in [0, 0.1) is 6.92 Å². The summed E-state index contributed by atoms with van der Waals surface area (Å²) in [4.78, 5) is 25.9. The van der Waals surface area contributed by atoms with E-state index in [1.165, 1.54) is 0 Å². The third kappa shape index (κ3) is 3.43. The molecule has 3 rings (SSSR count). The molecule has 1 aliphatic heterocycles. The smallest absolute Gasteiger partial charge is 0.255 e. The molecule has 0 aromatic carbocycles. The summed E-state index contributed by atoms with van der Waals surface area (Å²) in [5, 5.41) is 3.87. The van der Waals surface area contributed by atoms with Crippen LogP contribution in [-0.2, 0) is 6.54 Å². The fraction of sp³-hybridized carbons (Fsp3) is 0.471. The average Bonchev–Trinajstić information content (AvgIpc) is 3.19. The van der Waals surface area contributed by atoms with E-state index in [0.29, 0.717) is 0 Å². The first-order valence-corrected chi connectivity index (χ1v) is 8.81. The van der Waals surface area contributed by atoms with Gasteiger partial charge in [-0.1, -0.05) is 0 Å². The molecular weight excluding hydrogens is 308 g/mol. The summed E-state index contributed by atoms with van der Waals surface area (Å²) in [7, 11) is 4.07. The standard InChI is InChI=1S/C17H22N4OS/c1-12-18-9-14(10-20(2)3)16(19-12)15-5-4-7-21(15)17(22)13-6-8-23-11-13/h6,8-9,11,15H,4-5,7,10H2,1-3H3/t15-/m0/s1. The van der Waals surface area contributed by atoms with Crippen molar-refractivity contribution in [1.82, 2.24) is 19.8 Å². The molecule has 3 heterocycles. The highest BCUT2D eigenvalue weighted by molar-refractivity contribution is 7.08. The van der Waals surface area contributed by atoms with Gasteiger partial charge in [0.2, 0.25) is 0 Å². The number of nitrogens with zero attached hydrogens (tertiary/aromatic N) is 4. The number of hydrogen-bond donors (Lipinski definition) is 0. The van der Waals surface area contributed by atoms with E-state index in [2.05, 4.69) is 9.88 Å². The first kappa shape index (κ1) is 16.1. The fourth-order valence-electron chi connectivity index (χ4n) is 3.11. The summed E-state index contributed by atoms with van der Waals surface area (Å²) in [5.74, 6) is 0.873. The maximum absolute atomic E-state index is 12.8. The molecule has 2 aromatic heterocycles. The van der Waals surface area contributed by atoms with Crippen molar-refractivity contribution in [2.75, 3.05) is 20.6 Å². The molecule has 0 spiro atoms. The SMILES string of the molecule is Cc1ncc(CN(C)C)c([C@@H]2CCCN2C(=O)c2ccsc2)n1. The molecule has 0 unspecified atom stereocenters. The van der Waals surface area contributed by atoms with Gasteiger partial charge in [0.05, 0.1) is 17.3 Å². The van der Waals surface area contributed by atoms with E-state index >= 15 is 0 Å². The van der Waals surface area contributed by atoms with Gasteiger partial charge in [-0.3, -0.25) is 4.79 Å². The normalized spacial score (nSPS) is 17.9. The van der Waals surface area contributed by atoms with Gasteiger partial charge in [-0.05, 0) is 45.3 Å². The lowest BCUT2D eigenvalue weighted by Crippen LogP contribution is -2.32. The molecule has 0 radical (unpaired) electrons. The highest BCUT2D eigenvalue weighted by Gasteiger charge is 2.33. The number of thiophene rings is 1. The van der Waals surface area contributed by atoms with E-state index in [0.717, 1.165) is 48.6 Å². The largest absolute Gasteiger partial charge is 0.330 e. The maximum atomic E-state index is 12.8. The highest BCUT2D eigenvalue weighted by atomic mass is 32.1. The Balaban J connectivity index is 1.93. The number of rotatable bonds is 4. The topological polar surface area (TPSA) is 49.3 Å². The van der Waals surface area contributed by atoms with Gasteiger partial charge in [0.15, 0.2) is 0 Å². The predicted octanol–water partition coefficient (Wildman–Crippen LogP) is 2.89. The van der Waals surface area contributed by atoms with Crippen molar-refractivity contribution < 1.29 is 4.79 Å². The van der Waals surface area contributed by atoms with Gasteiger partial charge in [-0.25, -0.2) is 9.97 Å². The van der Waals surface area contributed by atoms with E-state index in [9.17, 15) is 4.79 Å². The van der Waals surface area contributed by atoms with Crippen LogP contribution in [0.3, 0.4) is 0 Å². The Bertz CT molecular complexity index is 684. The first-order valence-electron chi connectivity index (χ1n) is 7.86. The molecule has 1 atom stereocenters. The zero-order chi connectivity index (χ0) is 16.4. The highest BCUT2D eigenvalue weighted by Crippen LogP contribution is 2.34.